The number of aryl methyl sites for hydroxylation is 1. The third-order valence-electron chi connectivity index (χ3n) is 2.91. The molecule has 3 aromatic rings. The number of nitrogens with zero attached hydrogens (tertiary/aromatic N) is 2. The minimum absolute atomic E-state index is 0. The highest BCUT2D eigenvalue weighted by Gasteiger charge is 2.14. The molecule has 1 N–H and O–H groups in total. The van der Waals surface area contributed by atoms with Gasteiger partial charge in [0.15, 0.2) is 0 Å². The number of benzene rings is 1. The van der Waals surface area contributed by atoms with Crippen molar-refractivity contribution < 1.29 is 21.5 Å². The fourth-order valence-electron chi connectivity index (χ4n) is 2.04. The average molecular weight is 341 g/mol. The minimum atomic E-state index is -0.139. The molecule has 0 bridgehead atoms. The first-order chi connectivity index (χ1) is 8.66. The summed E-state index contributed by atoms with van der Waals surface area (Å²) in [7, 11) is 1.83. The first kappa shape index (κ1) is 13.8. The Morgan fingerprint density at radius 3 is 2.79 bits per heavy atom. The predicted molar refractivity (Wildman–Crippen MR) is 69.6 cm³/mol. The Bertz CT molecular complexity index is 794. The first-order valence-electron chi connectivity index (χ1n) is 5.51. The van der Waals surface area contributed by atoms with Crippen molar-refractivity contribution in [3.8, 4) is 11.3 Å². The zero-order valence-corrected chi connectivity index (χ0v) is 12.4. The fraction of sp³-hybridized carbons (Fsp3) is 0.0769. The van der Waals surface area contributed by atoms with Gasteiger partial charge in [-0.1, -0.05) is 29.8 Å². The van der Waals surface area contributed by atoms with E-state index in [4.69, 9.17) is 11.6 Å². The molecule has 2 aromatic heterocycles. The van der Waals surface area contributed by atoms with E-state index in [0.717, 1.165) is 5.56 Å². The Morgan fingerprint density at radius 1 is 1.32 bits per heavy atom. The Labute approximate surface area is 125 Å². The van der Waals surface area contributed by atoms with Crippen molar-refractivity contribution in [3.63, 3.8) is 0 Å². The number of imidazole rings is 1. The van der Waals surface area contributed by atoms with Gasteiger partial charge in [0.25, 0.3) is 0 Å². The SMILES string of the molecule is C[n+]1ccn2cc(-c3ccccc3Cl)[nH]c(=O)c21.[Br-]. The fourth-order valence-corrected chi connectivity index (χ4v) is 2.28. The highest BCUT2D eigenvalue weighted by atomic mass is 79.9. The number of rotatable bonds is 1. The van der Waals surface area contributed by atoms with Crippen molar-refractivity contribution in [2.24, 2.45) is 7.05 Å². The highest BCUT2D eigenvalue weighted by Crippen LogP contribution is 2.24. The van der Waals surface area contributed by atoms with Gasteiger partial charge in [-0.3, -0.25) is 4.79 Å². The van der Waals surface area contributed by atoms with Crippen molar-refractivity contribution in [2.75, 3.05) is 0 Å². The second-order valence-corrected chi connectivity index (χ2v) is 4.52. The van der Waals surface area contributed by atoms with E-state index in [2.05, 4.69) is 4.98 Å². The summed E-state index contributed by atoms with van der Waals surface area (Å²) in [6, 6.07) is 7.43. The molecule has 0 saturated heterocycles. The van der Waals surface area contributed by atoms with Crippen LogP contribution in [0.15, 0.2) is 47.7 Å². The van der Waals surface area contributed by atoms with Crippen molar-refractivity contribution in [2.45, 2.75) is 0 Å². The second kappa shape index (κ2) is 5.19. The first-order valence-corrected chi connectivity index (χ1v) is 5.89. The molecule has 4 nitrogen and oxygen atoms in total. The maximum atomic E-state index is 12.0. The molecule has 1 aromatic carbocycles. The molecule has 3 rings (SSSR count). The number of fused-ring (bicyclic) bond motifs is 1. The molecule has 0 amide bonds. The van der Waals surface area contributed by atoms with Crippen molar-refractivity contribution >= 4 is 17.2 Å². The third kappa shape index (κ3) is 2.31. The average Bonchev–Trinajstić information content (AvgIpc) is 2.72. The van der Waals surface area contributed by atoms with Crippen LogP contribution in [0.4, 0.5) is 0 Å². The van der Waals surface area contributed by atoms with Crippen molar-refractivity contribution in [1.29, 1.82) is 0 Å². The molecule has 6 heteroatoms. The standard InChI is InChI=1S/C13H10ClN3O.BrH/c1-16-6-7-17-8-11(15-12(18)13(16)17)9-4-2-3-5-10(9)14;/h2-8H,1H3;1H. The van der Waals surface area contributed by atoms with E-state index in [1.807, 2.05) is 43.8 Å². The monoisotopic (exact) mass is 339 g/mol. The molecule has 98 valence electrons. The zero-order chi connectivity index (χ0) is 12.7. The largest absolute Gasteiger partial charge is 1.00 e. The highest BCUT2D eigenvalue weighted by molar-refractivity contribution is 6.33. The summed E-state index contributed by atoms with van der Waals surface area (Å²) in [5.74, 6) is 0. The number of halogens is 2. The van der Waals surface area contributed by atoms with E-state index in [1.54, 1.807) is 15.0 Å². The van der Waals surface area contributed by atoms with Crippen LogP contribution in [0, 0.1) is 0 Å². The van der Waals surface area contributed by atoms with Crippen LogP contribution in [0.5, 0.6) is 0 Å². The van der Waals surface area contributed by atoms with Crippen molar-refractivity contribution in [3.05, 3.63) is 58.2 Å². The van der Waals surface area contributed by atoms with Gasteiger partial charge in [0, 0.05) is 5.56 Å². The molecule has 0 fully saturated rings. The van der Waals surface area contributed by atoms with Gasteiger partial charge in [-0.25, -0.2) is 4.57 Å². The minimum Gasteiger partial charge on any atom is -1.00 e. The van der Waals surface area contributed by atoms with Gasteiger partial charge in [-0.15, -0.1) is 0 Å². The molecule has 0 spiro atoms. The summed E-state index contributed by atoms with van der Waals surface area (Å²) < 4.78 is 3.56. The van der Waals surface area contributed by atoms with Gasteiger partial charge >= 0.3 is 11.2 Å². The van der Waals surface area contributed by atoms with Crippen LogP contribution in [-0.4, -0.2) is 9.38 Å². The molecule has 0 aliphatic rings. The van der Waals surface area contributed by atoms with E-state index in [-0.39, 0.29) is 22.5 Å². The third-order valence-corrected chi connectivity index (χ3v) is 3.24. The number of hydrogen-bond acceptors (Lipinski definition) is 1. The summed E-state index contributed by atoms with van der Waals surface area (Å²) in [6.45, 7) is 0. The van der Waals surface area contributed by atoms with Crippen LogP contribution in [0.3, 0.4) is 0 Å². The maximum Gasteiger partial charge on any atom is 0.352 e. The molecule has 0 saturated carbocycles. The number of H-pyrrole nitrogens is 1. The molecule has 0 radical (unpaired) electrons. The number of hydrogen-bond donors (Lipinski definition) is 1. The summed E-state index contributed by atoms with van der Waals surface area (Å²) in [5, 5.41) is 0.615. The van der Waals surface area contributed by atoms with Crippen LogP contribution in [0.25, 0.3) is 16.9 Å². The Balaban J connectivity index is 0.00000133. The Morgan fingerprint density at radius 2 is 2.05 bits per heavy atom. The molecule has 19 heavy (non-hydrogen) atoms. The van der Waals surface area contributed by atoms with Crippen LogP contribution >= 0.6 is 11.6 Å². The van der Waals surface area contributed by atoms with E-state index < -0.39 is 0 Å². The van der Waals surface area contributed by atoms with E-state index in [9.17, 15) is 4.79 Å². The molecule has 0 aliphatic heterocycles. The van der Waals surface area contributed by atoms with Gasteiger partial charge in [-0.2, -0.15) is 4.40 Å². The maximum absolute atomic E-state index is 12.0. The molecule has 0 aliphatic carbocycles. The van der Waals surface area contributed by atoms with E-state index >= 15 is 0 Å². The van der Waals surface area contributed by atoms with Crippen LogP contribution in [-0.2, 0) is 7.05 Å². The molecule has 2 heterocycles. The number of nitrogens with one attached hydrogen (secondary N) is 1. The summed E-state index contributed by atoms with van der Waals surface area (Å²) in [4.78, 5) is 14.9. The van der Waals surface area contributed by atoms with Crippen LogP contribution in [0.2, 0.25) is 5.02 Å². The summed E-state index contributed by atoms with van der Waals surface area (Å²) >= 11 is 6.13. The quantitative estimate of drug-likeness (QED) is 0.554. The number of aromatic amines is 1. The number of aromatic nitrogens is 3. The lowest BCUT2D eigenvalue weighted by Gasteiger charge is -2.02. The van der Waals surface area contributed by atoms with E-state index in [0.29, 0.717) is 16.4 Å². The van der Waals surface area contributed by atoms with Gasteiger partial charge < -0.3 is 22.0 Å². The van der Waals surface area contributed by atoms with Gasteiger partial charge in [0.05, 0.1) is 17.8 Å². The lowest BCUT2D eigenvalue weighted by molar-refractivity contribution is -0.645. The van der Waals surface area contributed by atoms with Gasteiger partial charge in [0.2, 0.25) is 0 Å². The molecular formula is C13H11BrClN3O. The van der Waals surface area contributed by atoms with Crippen LogP contribution < -0.4 is 27.1 Å². The normalized spacial score (nSPS) is 10.4. The van der Waals surface area contributed by atoms with Crippen LogP contribution in [0.1, 0.15) is 0 Å². The smallest absolute Gasteiger partial charge is 0.352 e. The van der Waals surface area contributed by atoms with Gasteiger partial charge in [0.1, 0.15) is 18.6 Å². The molecule has 0 atom stereocenters. The molecule has 0 unspecified atom stereocenters. The summed E-state index contributed by atoms with van der Waals surface area (Å²) in [6.07, 6.45) is 5.53. The Kier molecular flexibility index (Phi) is 3.78. The molecular weight excluding hydrogens is 330 g/mol. The zero-order valence-electron chi connectivity index (χ0n) is 10.1. The lowest BCUT2D eigenvalue weighted by Crippen LogP contribution is -3.00. The van der Waals surface area contributed by atoms with Gasteiger partial charge in [-0.05, 0) is 6.07 Å². The van der Waals surface area contributed by atoms with E-state index in [1.165, 1.54) is 0 Å². The lowest BCUT2D eigenvalue weighted by atomic mass is 10.1. The Hall–Kier alpha value is -1.59. The topological polar surface area (TPSA) is 41.1 Å². The predicted octanol–water partition coefficient (Wildman–Crippen LogP) is -1.22. The van der Waals surface area contributed by atoms with Crippen molar-refractivity contribution in [1.82, 2.24) is 9.38 Å². The summed E-state index contributed by atoms with van der Waals surface area (Å²) in [5.41, 5.74) is 1.97. The second-order valence-electron chi connectivity index (χ2n) is 4.12.